The van der Waals surface area contributed by atoms with Gasteiger partial charge in [0, 0.05) is 24.5 Å². The molecule has 4 aromatic carbocycles. The molecule has 0 saturated carbocycles. The lowest BCUT2D eigenvalue weighted by molar-refractivity contribution is -0.140. The maximum atomic E-state index is 14.5. The van der Waals surface area contributed by atoms with Crippen molar-refractivity contribution in [2.24, 2.45) is 5.92 Å². The van der Waals surface area contributed by atoms with Crippen LogP contribution in [0.4, 0.5) is 5.69 Å². The van der Waals surface area contributed by atoms with Crippen molar-refractivity contribution in [2.45, 2.75) is 44.7 Å². The first kappa shape index (κ1) is 34.5. The van der Waals surface area contributed by atoms with E-state index in [4.69, 9.17) is 16.3 Å². The number of nitrogens with one attached hydrogen (secondary N) is 1. The summed E-state index contributed by atoms with van der Waals surface area (Å²) in [5, 5.41) is 3.31. The smallest absolute Gasteiger partial charge is 0.264 e. The number of amides is 2. The highest BCUT2D eigenvalue weighted by Crippen LogP contribution is 2.28. The van der Waals surface area contributed by atoms with Crippen molar-refractivity contribution < 1.29 is 22.7 Å². The van der Waals surface area contributed by atoms with Crippen LogP contribution in [0.25, 0.3) is 0 Å². The van der Waals surface area contributed by atoms with Crippen LogP contribution in [-0.2, 0) is 32.6 Å². The molecule has 1 atom stereocenters. The Kier molecular flexibility index (Phi) is 11.8. The first-order valence-electron chi connectivity index (χ1n) is 15.1. The van der Waals surface area contributed by atoms with Crippen LogP contribution in [0.15, 0.2) is 108 Å². The predicted octanol–water partition coefficient (Wildman–Crippen LogP) is 6.26. The minimum Gasteiger partial charge on any atom is -0.497 e. The summed E-state index contributed by atoms with van der Waals surface area (Å²) in [5.74, 6) is -0.176. The van der Waals surface area contributed by atoms with Crippen molar-refractivity contribution in [3.05, 3.63) is 125 Å². The van der Waals surface area contributed by atoms with E-state index in [1.807, 2.05) is 75.4 Å². The third-order valence-electron chi connectivity index (χ3n) is 7.41. The molecular weight excluding hydrogens is 622 g/mol. The van der Waals surface area contributed by atoms with Crippen molar-refractivity contribution in [3.8, 4) is 5.75 Å². The fourth-order valence-electron chi connectivity index (χ4n) is 5.02. The summed E-state index contributed by atoms with van der Waals surface area (Å²) in [7, 11) is -2.77. The van der Waals surface area contributed by atoms with Gasteiger partial charge in [-0.1, -0.05) is 91.7 Å². The second-order valence-electron chi connectivity index (χ2n) is 11.5. The van der Waals surface area contributed by atoms with Crippen LogP contribution in [0.5, 0.6) is 5.75 Å². The van der Waals surface area contributed by atoms with Crippen LogP contribution >= 0.6 is 11.6 Å². The molecule has 0 aromatic heterocycles. The van der Waals surface area contributed by atoms with Gasteiger partial charge in [-0.2, -0.15) is 0 Å². The van der Waals surface area contributed by atoms with Crippen LogP contribution in [0.3, 0.4) is 0 Å². The number of sulfonamides is 1. The monoisotopic (exact) mass is 661 g/mol. The van der Waals surface area contributed by atoms with Gasteiger partial charge < -0.3 is 15.0 Å². The van der Waals surface area contributed by atoms with Crippen molar-refractivity contribution in [1.29, 1.82) is 0 Å². The molecule has 0 heterocycles. The second-order valence-corrected chi connectivity index (χ2v) is 13.8. The van der Waals surface area contributed by atoms with Gasteiger partial charge in [-0.05, 0) is 66.4 Å². The highest BCUT2D eigenvalue weighted by Gasteiger charge is 2.34. The highest BCUT2D eigenvalue weighted by atomic mass is 35.5. The minimum absolute atomic E-state index is 0.0261. The van der Waals surface area contributed by atoms with E-state index in [-0.39, 0.29) is 35.4 Å². The summed E-state index contributed by atoms with van der Waals surface area (Å²) in [6.45, 7) is 5.90. The summed E-state index contributed by atoms with van der Waals surface area (Å²) in [4.78, 5) is 29.9. The minimum atomic E-state index is -4.26. The molecule has 4 rings (SSSR count). The van der Waals surface area contributed by atoms with E-state index in [0.717, 1.165) is 21.0 Å². The molecule has 0 aliphatic heterocycles. The van der Waals surface area contributed by atoms with Crippen LogP contribution in [-0.4, -0.2) is 51.4 Å². The van der Waals surface area contributed by atoms with Gasteiger partial charge >= 0.3 is 0 Å². The zero-order valence-corrected chi connectivity index (χ0v) is 28.1. The number of rotatable bonds is 14. The standard InChI is InChI=1S/C36H40ClN3O5S/c1-26(2)23-38-36(42)34(21-28-11-6-5-7-12-28)39(24-29-13-8-10-27(3)20-29)35(41)25-40(31-15-9-14-30(37)22-31)46(43,44)33-18-16-32(45-4)17-19-33/h5-20,22,26,34H,21,23-25H2,1-4H3,(H,38,42)/t34-/m0/s1. The first-order chi connectivity index (χ1) is 22.0. The fraction of sp³-hybridized carbons (Fsp3) is 0.278. The molecular formula is C36H40ClN3O5S. The lowest BCUT2D eigenvalue weighted by atomic mass is 10.0. The molecule has 0 aliphatic rings. The summed E-state index contributed by atoms with van der Waals surface area (Å²) in [5.41, 5.74) is 2.90. The summed E-state index contributed by atoms with van der Waals surface area (Å²) in [6.07, 6.45) is 0.241. The lowest BCUT2D eigenvalue weighted by Crippen LogP contribution is -2.53. The molecule has 46 heavy (non-hydrogen) atoms. The molecule has 8 nitrogen and oxygen atoms in total. The van der Waals surface area contributed by atoms with Gasteiger partial charge in [0.05, 0.1) is 17.7 Å². The predicted molar refractivity (Wildman–Crippen MR) is 182 cm³/mol. The van der Waals surface area contributed by atoms with Crippen molar-refractivity contribution in [3.63, 3.8) is 0 Å². The van der Waals surface area contributed by atoms with E-state index in [0.29, 0.717) is 17.3 Å². The summed E-state index contributed by atoms with van der Waals surface area (Å²) in [6, 6.07) is 28.5. The van der Waals surface area contributed by atoms with Crippen molar-refractivity contribution >= 4 is 39.1 Å². The van der Waals surface area contributed by atoms with Crippen LogP contribution in [0, 0.1) is 12.8 Å². The van der Waals surface area contributed by atoms with Gasteiger partial charge in [-0.3, -0.25) is 13.9 Å². The molecule has 0 saturated heterocycles. The molecule has 1 N–H and O–H groups in total. The number of carbonyl (C=O) groups is 2. The average Bonchev–Trinajstić information content (AvgIpc) is 3.04. The van der Waals surface area contributed by atoms with E-state index < -0.39 is 28.5 Å². The van der Waals surface area contributed by atoms with Crippen LogP contribution in [0.1, 0.15) is 30.5 Å². The third kappa shape index (κ3) is 9.11. The molecule has 0 spiro atoms. The molecule has 2 amide bonds. The Morgan fingerprint density at radius 3 is 2.17 bits per heavy atom. The number of hydrogen-bond donors (Lipinski definition) is 1. The number of aryl methyl sites for hydroxylation is 1. The first-order valence-corrected chi connectivity index (χ1v) is 16.9. The molecule has 0 unspecified atom stereocenters. The zero-order chi connectivity index (χ0) is 33.3. The van der Waals surface area contributed by atoms with E-state index >= 15 is 0 Å². The number of benzene rings is 4. The van der Waals surface area contributed by atoms with E-state index in [2.05, 4.69) is 5.32 Å². The number of anilines is 1. The van der Waals surface area contributed by atoms with Crippen molar-refractivity contribution in [1.82, 2.24) is 10.2 Å². The highest BCUT2D eigenvalue weighted by molar-refractivity contribution is 7.92. The molecule has 0 aliphatic carbocycles. The summed E-state index contributed by atoms with van der Waals surface area (Å²) < 4.78 is 34.6. The molecule has 10 heteroatoms. The Morgan fingerprint density at radius 1 is 0.870 bits per heavy atom. The normalized spacial score (nSPS) is 12.0. The van der Waals surface area contributed by atoms with E-state index in [1.54, 1.807) is 30.3 Å². The maximum Gasteiger partial charge on any atom is 0.264 e. The molecule has 242 valence electrons. The number of methoxy groups -OCH3 is 1. The molecule has 0 fully saturated rings. The number of ether oxygens (including phenoxy) is 1. The Labute approximate surface area is 277 Å². The largest absolute Gasteiger partial charge is 0.497 e. The second kappa shape index (κ2) is 15.8. The Hall–Kier alpha value is -4.34. The average molecular weight is 662 g/mol. The topological polar surface area (TPSA) is 96.0 Å². The Balaban J connectivity index is 1.80. The third-order valence-corrected chi connectivity index (χ3v) is 9.44. The quantitative estimate of drug-likeness (QED) is 0.172. The van der Waals surface area contributed by atoms with Gasteiger partial charge in [0.25, 0.3) is 10.0 Å². The molecule has 0 bridgehead atoms. The number of carbonyl (C=O) groups excluding carboxylic acids is 2. The Bertz CT molecular complexity index is 1730. The van der Waals surface area contributed by atoms with Gasteiger partial charge in [-0.25, -0.2) is 8.42 Å². The zero-order valence-electron chi connectivity index (χ0n) is 26.5. The van der Waals surface area contributed by atoms with Gasteiger partial charge in [0.15, 0.2) is 0 Å². The number of hydrogen-bond acceptors (Lipinski definition) is 5. The Morgan fingerprint density at radius 2 is 1.54 bits per heavy atom. The number of halogens is 1. The molecule has 0 radical (unpaired) electrons. The van der Waals surface area contributed by atoms with Gasteiger partial charge in [0.1, 0.15) is 18.3 Å². The van der Waals surface area contributed by atoms with Crippen LogP contribution < -0.4 is 14.4 Å². The van der Waals surface area contributed by atoms with Crippen molar-refractivity contribution in [2.75, 3.05) is 24.5 Å². The number of nitrogens with zero attached hydrogens (tertiary/aromatic N) is 2. The fourth-order valence-corrected chi connectivity index (χ4v) is 6.61. The van der Waals surface area contributed by atoms with E-state index in [9.17, 15) is 18.0 Å². The maximum absolute atomic E-state index is 14.5. The SMILES string of the molecule is COc1ccc(S(=O)(=O)N(CC(=O)N(Cc2cccc(C)c2)[C@@H](Cc2ccccc2)C(=O)NCC(C)C)c2cccc(Cl)c2)cc1. The van der Waals surface area contributed by atoms with Gasteiger partial charge in [0.2, 0.25) is 11.8 Å². The lowest BCUT2D eigenvalue weighted by Gasteiger charge is -2.34. The summed E-state index contributed by atoms with van der Waals surface area (Å²) >= 11 is 6.30. The van der Waals surface area contributed by atoms with Gasteiger partial charge in [-0.15, -0.1) is 0 Å². The van der Waals surface area contributed by atoms with E-state index in [1.165, 1.54) is 30.2 Å². The van der Waals surface area contributed by atoms with Crippen LogP contribution in [0.2, 0.25) is 5.02 Å². The molecule has 4 aromatic rings.